The zero-order valence-corrected chi connectivity index (χ0v) is 28.6. The van der Waals surface area contributed by atoms with Gasteiger partial charge in [0.25, 0.3) is 5.91 Å². The molecule has 0 aromatic heterocycles. The van der Waals surface area contributed by atoms with Crippen LogP contribution in [-0.2, 0) is 33.2 Å². The van der Waals surface area contributed by atoms with Gasteiger partial charge in [0, 0.05) is 0 Å². The quantitative estimate of drug-likeness (QED) is 0.0911. The maximum absolute atomic E-state index is 13.5. The van der Waals surface area contributed by atoms with Crippen LogP contribution in [0.4, 0.5) is 0 Å². The molecular formula is C35H53NO14. The highest BCUT2D eigenvalue weighted by atomic mass is 16.7. The molecule has 14 atom stereocenters. The van der Waals surface area contributed by atoms with Gasteiger partial charge in [-0.3, -0.25) is 10.0 Å². The van der Waals surface area contributed by atoms with Crippen LogP contribution in [0.3, 0.4) is 0 Å². The van der Waals surface area contributed by atoms with Crippen LogP contribution in [0.25, 0.3) is 0 Å². The third-order valence-corrected chi connectivity index (χ3v) is 10.5. The van der Waals surface area contributed by atoms with Crippen molar-refractivity contribution in [2.45, 2.75) is 151 Å². The number of esters is 1. The fourth-order valence-electron chi connectivity index (χ4n) is 7.57. The number of rotatable bonds is 12. The molecule has 1 unspecified atom stereocenters. The van der Waals surface area contributed by atoms with E-state index < -0.39 is 98.2 Å². The first-order valence-electron chi connectivity index (χ1n) is 17.8. The van der Waals surface area contributed by atoms with Gasteiger partial charge in [0.2, 0.25) is 0 Å². The molecule has 0 radical (unpaired) electrons. The molecule has 50 heavy (non-hydrogen) atoms. The minimum Gasteiger partial charge on any atom is -0.450 e. The average Bonchev–Trinajstić information content (AvgIpc) is 3.13. The molecule has 2 heterocycles. The summed E-state index contributed by atoms with van der Waals surface area (Å²) in [5.74, 6) is -1.63. The molecule has 4 aliphatic rings. The van der Waals surface area contributed by atoms with Gasteiger partial charge in [-0.05, 0) is 50.2 Å². The van der Waals surface area contributed by atoms with Crippen LogP contribution in [0, 0.1) is 11.8 Å². The second-order valence-electron chi connectivity index (χ2n) is 14.1. The molecule has 7 N–H and O–H groups in total. The van der Waals surface area contributed by atoms with Crippen molar-refractivity contribution in [2.75, 3.05) is 6.61 Å². The number of carbonyl (C=O) groups is 2. The van der Waals surface area contributed by atoms with Gasteiger partial charge in [-0.15, -0.1) is 0 Å². The molecule has 15 nitrogen and oxygen atoms in total. The molecule has 1 aromatic rings. The van der Waals surface area contributed by atoms with Gasteiger partial charge in [-0.25, -0.2) is 10.3 Å². The molecule has 2 aliphatic heterocycles. The highest BCUT2D eigenvalue weighted by Crippen LogP contribution is 2.37. The Morgan fingerprint density at radius 2 is 1.54 bits per heavy atom. The maximum Gasteiger partial charge on any atom is 0.338 e. The number of hydroxylamine groups is 1. The molecule has 5 rings (SSSR count). The van der Waals surface area contributed by atoms with Gasteiger partial charge in [-0.1, -0.05) is 63.6 Å². The first-order chi connectivity index (χ1) is 24.0. The lowest BCUT2D eigenvalue weighted by Crippen LogP contribution is -2.64. The van der Waals surface area contributed by atoms with E-state index in [-0.39, 0.29) is 23.8 Å². The van der Waals surface area contributed by atoms with E-state index in [2.05, 4.69) is 0 Å². The molecule has 0 spiro atoms. The zero-order valence-electron chi connectivity index (χ0n) is 28.6. The van der Waals surface area contributed by atoms with E-state index in [1.165, 1.54) is 0 Å². The Hall–Kier alpha value is -2.28. The van der Waals surface area contributed by atoms with Crippen molar-refractivity contribution in [1.29, 1.82) is 0 Å². The Labute approximate surface area is 291 Å². The predicted molar refractivity (Wildman–Crippen MR) is 172 cm³/mol. The van der Waals surface area contributed by atoms with Gasteiger partial charge in [0.15, 0.2) is 18.7 Å². The van der Waals surface area contributed by atoms with Crippen LogP contribution in [0.15, 0.2) is 30.3 Å². The van der Waals surface area contributed by atoms with Gasteiger partial charge in [0.05, 0.1) is 30.5 Å². The summed E-state index contributed by atoms with van der Waals surface area (Å²) in [5.41, 5.74) is 1.85. The largest absolute Gasteiger partial charge is 0.450 e. The lowest BCUT2D eigenvalue weighted by atomic mass is 9.85. The number of benzene rings is 1. The van der Waals surface area contributed by atoms with Crippen molar-refractivity contribution in [3.63, 3.8) is 0 Å². The molecule has 15 heteroatoms. The number of carbonyl (C=O) groups excluding carboxylic acids is 2. The number of ether oxygens (including phenoxy) is 6. The van der Waals surface area contributed by atoms with Crippen LogP contribution < -0.4 is 5.48 Å². The molecule has 4 fully saturated rings. The Morgan fingerprint density at radius 3 is 2.22 bits per heavy atom. The van der Waals surface area contributed by atoms with Gasteiger partial charge >= 0.3 is 5.97 Å². The minimum atomic E-state index is -1.58. The van der Waals surface area contributed by atoms with Crippen LogP contribution in [0.5, 0.6) is 0 Å². The maximum atomic E-state index is 13.5. The second kappa shape index (κ2) is 18.0. The van der Waals surface area contributed by atoms with Gasteiger partial charge < -0.3 is 54.0 Å². The average molecular weight is 712 g/mol. The number of hydrogen-bond acceptors (Lipinski definition) is 14. The van der Waals surface area contributed by atoms with Crippen molar-refractivity contribution in [1.82, 2.24) is 5.48 Å². The van der Waals surface area contributed by atoms with Crippen molar-refractivity contribution < 1.29 is 68.8 Å². The standard InChI is InChI=1S/C35H53NO14/c1-18-10-9-15-22(29(18)50-34-28(41)27(40)25(38)19(2)45-34)47-35-31(49-33(43)21-13-7-4-8-14-21)30(26(39)24(17-37)48-35)46-23(32(42)36-44)16-20-11-5-3-6-12-20/h4,7-8,13-14,18-20,22-31,34-35,37-41,44H,3,5-6,9-12,15-17H2,1-2H3,(H,36,42)/t18-,19-,22+,23-,24+,25+,26-,27+,28-,29+,30-,31+,34?,35+/m0/s1. The van der Waals surface area contributed by atoms with Crippen LogP contribution in [0.1, 0.15) is 82.0 Å². The molecule has 2 saturated carbocycles. The normalized spacial score (nSPS) is 39.0. The summed E-state index contributed by atoms with van der Waals surface area (Å²) in [6.45, 7) is 2.81. The first-order valence-corrected chi connectivity index (χ1v) is 17.8. The Morgan fingerprint density at radius 1 is 0.820 bits per heavy atom. The highest BCUT2D eigenvalue weighted by molar-refractivity contribution is 5.89. The first kappa shape index (κ1) is 38.9. The molecule has 1 amide bonds. The fourth-order valence-corrected chi connectivity index (χ4v) is 7.57. The molecule has 0 bridgehead atoms. The molecule has 282 valence electrons. The van der Waals surface area contributed by atoms with Crippen molar-refractivity contribution in [3.05, 3.63) is 35.9 Å². The summed E-state index contributed by atoms with van der Waals surface area (Å²) in [7, 11) is 0. The summed E-state index contributed by atoms with van der Waals surface area (Å²) in [4.78, 5) is 26.5. The molecular weight excluding hydrogens is 658 g/mol. The van der Waals surface area contributed by atoms with E-state index in [0.717, 1.165) is 38.5 Å². The Bertz CT molecular complexity index is 1220. The van der Waals surface area contributed by atoms with Gasteiger partial charge in [-0.2, -0.15) is 0 Å². The van der Waals surface area contributed by atoms with E-state index >= 15 is 0 Å². The number of nitrogens with one attached hydrogen (secondary N) is 1. The zero-order chi connectivity index (χ0) is 35.9. The fraction of sp³-hybridized carbons (Fsp3) is 0.771. The third-order valence-electron chi connectivity index (χ3n) is 10.5. The SMILES string of the molecule is C[C@@H]1OC(O[C@@H]2[C@@H](C)CCC[C@H]2O[C@@H]2O[C@H](CO)[C@H](O)[C@H](O[C@@H](CC3CCCCC3)C(=O)NO)[C@H]2OC(=O)c2ccccc2)[C@@H](O)[C@H](O)[C@@H]1O. The van der Waals surface area contributed by atoms with Crippen molar-refractivity contribution in [3.8, 4) is 0 Å². The number of hydrogen-bond donors (Lipinski definition) is 7. The van der Waals surface area contributed by atoms with E-state index in [1.54, 1.807) is 42.7 Å². The van der Waals surface area contributed by atoms with E-state index in [4.69, 9.17) is 28.4 Å². The lowest BCUT2D eigenvalue weighted by molar-refractivity contribution is -0.347. The molecule has 1 aromatic carbocycles. The number of aliphatic hydroxyl groups excluding tert-OH is 5. The lowest BCUT2D eigenvalue weighted by Gasteiger charge is -2.47. The number of aliphatic hydroxyl groups is 5. The van der Waals surface area contributed by atoms with Gasteiger partial charge in [0.1, 0.15) is 42.7 Å². The smallest absolute Gasteiger partial charge is 0.338 e. The summed E-state index contributed by atoms with van der Waals surface area (Å²) >= 11 is 0. The van der Waals surface area contributed by atoms with E-state index in [9.17, 15) is 40.3 Å². The van der Waals surface area contributed by atoms with E-state index in [1.807, 2.05) is 6.92 Å². The van der Waals surface area contributed by atoms with Crippen molar-refractivity contribution in [2.24, 2.45) is 11.8 Å². The van der Waals surface area contributed by atoms with Crippen LogP contribution in [0.2, 0.25) is 0 Å². The summed E-state index contributed by atoms with van der Waals surface area (Å²) in [6, 6.07) is 8.13. The van der Waals surface area contributed by atoms with E-state index in [0.29, 0.717) is 12.8 Å². The third kappa shape index (κ3) is 9.19. The number of amides is 1. The summed E-state index contributed by atoms with van der Waals surface area (Å²) in [6.07, 6.45) is -9.51. The van der Waals surface area contributed by atoms with Crippen molar-refractivity contribution >= 4 is 11.9 Å². The Kier molecular flexibility index (Phi) is 14.0. The summed E-state index contributed by atoms with van der Waals surface area (Å²) < 4.78 is 36.8. The van der Waals surface area contributed by atoms with Crippen LogP contribution >= 0.6 is 0 Å². The highest BCUT2D eigenvalue weighted by Gasteiger charge is 2.52. The molecule has 2 saturated heterocycles. The summed E-state index contributed by atoms with van der Waals surface area (Å²) in [5, 5.41) is 62.6. The second-order valence-corrected chi connectivity index (χ2v) is 14.1. The molecule has 2 aliphatic carbocycles. The Balaban J connectivity index is 1.43. The monoisotopic (exact) mass is 711 g/mol. The van der Waals surface area contributed by atoms with Crippen LogP contribution in [-0.4, -0.2) is 129 Å². The minimum absolute atomic E-state index is 0.121. The predicted octanol–water partition coefficient (Wildman–Crippen LogP) is 0.938. The topological polar surface area (TPSA) is 223 Å².